The number of hydrogen-bond acceptors (Lipinski definition) is 6. The van der Waals surface area contributed by atoms with Crippen LogP contribution in [0.1, 0.15) is 34.3 Å². The van der Waals surface area contributed by atoms with Crippen molar-refractivity contribution >= 4 is 61.0 Å². The molecule has 170 valence electrons. The molecule has 0 bridgehead atoms. The molecule has 1 aromatic heterocycles. The molecule has 2 amide bonds. The van der Waals surface area contributed by atoms with Crippen LogP contribution in [0.4, 0.5) is 17.3 Å². The third-order valence-corrected chi connectivity index (χ3v) is 8.57. The van der Waals surface area contributed by atoms with E-state index in [1.54, 1.807) is 25.4 Å². The molecule has 33 heavy (non-hydrogen) atoms. The Hall–Kier alpha value is -3.09. The number of nitrogens with zero attached hydrogens (tertiary/aromatic N) is 2. The first-order valence-electron chi connectivity index (χ1n) is 10.4. The minimum absolute atomic E-state index is 0.00422. The van der Waals surface area contributed by atoms with E-state index in [1.165, 1.54) is 0 Å². The van der Waals surface area contributed by atoms with Gasteiger partial charge >= 0.3 is 203 Å². The van der Waals surface area contributed by atoms with Crippen molar-refractivity contribution in [1.82, 2.24) is 9.97 Å². The van der Waals surface area contributed by atoms with Crippen molar-refractivity contribution in [3.63, 3.8) is 0 Å². The Kier molecular flexibility index (Phi) is 7.16. The van der Waals surface area contributed by atoms with E-state index < -0.39 is 21.7 Å². The van der Waals surface area contributed by atoms with Gasteiger partial charge in [0.25, 0.3) is 0 Å². The predicted octanol–water partition coefficient (Wildman–Crippen LogP) is 2.52. The molecule has 0 spiro atoms. The summed E-state index contributed by atoms with van der Waals surface area (Å²) in [5.74, 6) is 0.614. The third-order valence-electron chi connectivity index (χ3n) is 5.29. The molecule has 0 aliphatic carbocycles. The first-order chi connectivity index (χ1) is 16.0. The van der Waals surface area contributed by atoms with Gasteiger partial charge in [0.1, 0.15) is 0 Å². The maximum atomic E-state index is 11.9. The number of methoxy groups -OCH3 is 1. The van der Waals surface area contributed by atoms with Crippen LogP contribution in [0.2, 0.25) is 5.02 Å². The number of benzene rings is 2. The molecule has 0 saturated heterocycles. The molecule has 1 aliphatic heterocycles. The van der Waals surface area contributed by atoms with E-state index >= 15 is 0 Å². The monoisotopic (exact) mass is 527 g/mol. The van der Waals surface area contributed by atoms with Crippen molar-refractivity contribution in [3.8, 4) is 5.75 Å². The number of primary amides is 1. The van der Waals surface area contributed by atoms with Gasteiger partial charge in [0.05, 0.1) is 0 Å². The van der Waals surface area contributed by atoms with E-state index in [1.807, 2.05) is 24.3 Å². The molecule has 1 atom stereocenters. The number of rotatable bonds is 7. The number of fused-ring (bicyclic) bond motifs is 1. The van der Waals surface area contributed by atoms with Crippen molar-refractivity contribution in [2.45, 2.75) is 24.5 Å². The topological polar surface area (TPSA) is 119 Å². The Morgan fingerprint density at radius 1 is 1.27 bits per heavy atom. The zero-order valence-corrected chi connectivity index (χ0v) is 20.8. The number of anilines is 3. The van der Waals surface area contributed by atoms with E-state index in [0.717, 1.165) is 34.1 Å². The fourth-order valence-corrected chi connectivity index (χ4v) is 6.44. The van der Waals surface area contributed by atoms with Crippen LogP contribution in [0.15, 0.2) is 42.6 Å². The molecule has 1 unspecified atom stereocenters. The summed E-state index contributed by atoms with van der Waals surface area (Å²) >= 11 is 5.57. The van der Waals surface area contributed by atoms with Crippen molar-refractivity contribution < 1.29 is 14.3 Å². The summed E-state index contributed by atoms with van der Waals surface area (Å²) < 4.78 is 6.44. The van der Waals surface area contributed by atoms with Gasteiger partial charge in [0.15, 0.2) is 0 Å². The molecule has 4 rings (SSSR count). The van der Waals surface area contributed by atoms with Crippen molar-refractivity contribution in [3.05, 3.63) is 64.3 Å². The van der Waals surface area contributed by atoms with E-state index in [9.17, 15) is 9.59 Å². The second-order valence-corrected chi connectivity index (χ2v) is 10.3. The van der Waals surface area contributed by atoms with Crippen LogP contribution in [0.3, 0.4) is 0 Å². The Labute approximate surface area is 203 Å². The first kappa shape index (κ1) is 23.1. The predicted molar refractivity (Wildman–Crippen MR) is 130 cm³/mol. The van der Waals surface area contributed by atoms with Gasteiger partial charge in [-0.2, -0.15) is 0 Å². The van der Waals surface area contributed by atoms with Crippen LogP contribution in [0.25, 0.3) is 0 Å². The Bertz CT molecular complexity index is 1220. The molecule has 10 heteroatoms. The van der Waals surface area contributed by atoms with Crippen molar-refractivity contribution in [2.75, 3.05) is 17.7 Å². The van der Waals surface area contributed by atoms with Gasteiger partial charge in [-0.25, -0.2) is 0 Å². The average Bonchev–Trinajstić information content (AvgIpc) is 3.00. The molecule has 4 N–H and O–H groups in total. The zero-order valence-electron chi connectivity index (χ0n) is 17.9. The summed E-state index contributed by atoms with van der Waals surface area (Å²) in [5, 5.41) is 7.33. The Morgan fingerprint density at radius 3 is 2.88 bits per heavy atom. The summed E-state index contributed by atoms with van der Waals surface area (Å²) in [6.07, 6.45) is 3.53. The second-order valence-electron chi connectivity index (χ2n) is 7.46. The number of carbonyl (C=O) groups is 2. The van der Waals surface area contributed by atoms with Crippen LogP contribution < -0.4 is 25.6 Å². The molecular weight excluding hydrogens is 505 g/mol. The summed E-state index contributed by atoms with van der Waals surface area (Å²) in [6, 6.07) is 11.0. The van der Waals surface area contributed by atoms with Gasteiger partial charge in [-0.1, -0.05) is 0 Å². The van der Waals surface area contributed by atoms with E-state index in [0.29, 0.717) is 39.6 Å². The summed E-state index contributed by atoms with van der Waals surface area (Å²) in [5.41, 5.74) is 9.32. The van der Waals surface area contributed by atoms with Gasteiger partial charge in [-0.05, 0) is 0 Å². The Morgan fingerprint density at radius 2 is 2.09 bits per heavy atom. The van der Waals surface area contributed by atoms with Gasteiger partial charge in [-0.3, -0.25) is 0 Å². The number of halogens is 1. The normalized spacial score (nSPS) is 13.3. The van der Waals surface area contributed by atoms with Crippen LogP contribution in [-0.2, 0) is 16.4 Å². The molecule has 3 aromatic rings. The molecule has 0 radical (unpaired) electrons. The first-order valence-corrected chi connectivity index (χ1v) is 13.3. The number of nitrogens with one attached hydrogen (secondary N) is 2. The maximum absolute atomic E-state index is 11.9. The van der Waals surface area contributed by atoms with E-state index in [-0.39, 0.29) is 5.91 Å². The number of carbonyl (C=O) groups excluding carboxylic acids is 2. The van der Waals surface area contributed by atoms with Crippen LogP contribution in [0.5, 0.6) is 5.75 Å². The summed E-state index contributed by atoms with van der Waals surface area (Å²) in [4.78, 5) is 32.5. The van der Waals surface area contributed by atoms with Crippen molar-refractivity contribution in [2.24, 2.45) is 5.73 Å². The fourth-order valence-electron chi connectivity index (χ4n) is 3.73. The second kappa shape index (κ2) is 10.2. The number of amides is 2. The molecule has 0 saturated carbocycles. The number of nitrogens with two attached hydrogens (primary N) is 1. The molecule has 1 aliphatic rings. The number of aromatic nitrogens is 2. The van der Waals surface area contributed by atoms with Crippen LogP contribution >= 0.6 is 11.6 Å². The Balaban J connectivity index is 1.57. The summed E-state index contributed by atoms with van der Waals surface area (Å²) in [7, 11) is 1.60. The van der Waals surface area contributed by atoms with Crippen LogP contribution in [-0.4, -0.2) is 44.6 Å². The van der Waals surface area contributed by atoms with Gasteiger partial charge < -0.3 is 0 Å². The SMILES string of the molecule is COc1c(Nc2ncc(Cl)c([AsH]Cc3ccccc3C(N)=O)n2)ccc2c1CCCC(=O)N2. The van der Waals surface area contributed by atoms with Gasteiger partial charge in [-0.15, -0.1) is 0 Å². The molecule has 0 fully saturated rings. The average molecular weight is 528 g/mol. The van der Waals surface area contributed by atoms with E-state index in [4.69, 9.17) is 22.1 Å². The third kappa shape index (κ3) is 5.29. The molecule has 8 nitrogen and oxygen atoms in total. The molecule has 2 aromatic carbocycles. The minimum atomic E-state index is -0.805. The zero-order chi connectivity index (χ0) is 23.4. The van der Waals surface area contributed by atoms with Gasteiger partial charge in [0, 0.05) is 0 Å². The van der Waals surface area contributed by atoms with Gasteiger partial charge in [0.2, 0.25) is 0 Å². The number of hydrogen-bond donors (Lipinski definition) is 3. The summed E-state index contributed by atoms with van der Waals surface area (Å²) in [6.45, 7) is 0. The standard InChI is InChI=1S/C23H23AsClN5O3/c1-33-20-15-7-4-8-19(31)28-17(15)9-10-18(20)29-23-27-12-16(25)21(30-23)24-11-13-5-2-3-6-14(13)22(26)32/h2-3,5-6,9-10,12,24H,4,7-8,11H2,1H3,(H2,26,32)(H,28,31)(H,27,29,30). The fraction of sp³-hybridized carbons (Fsp3) is 0.217. The quantitative estimate of drug-likeness (QED) is 0.406. The number of ether oxygens (including phenoxy) is 1. The molecular formula is C23H23AsClN5O3. The van der Waals surface area contributed by atoms with E-state index in [2.05, 4.69) is 20.6 Å². The van der Waals surface area contributed by atoms with Crippen molar-refractivity contribution in [1.29, 1.82) is 0 Å². The molecule has 2 heterocycles. The van der Waals surface area contributed by atoms with Crippen LogP contribution in [0, 0.1) is 0 Å².